The fourth-order valence-corrected chi connectivity index (χ4v) is 3.64. The monoisotopic (exact) mass is 366 g/mol. The lowest BCUT2D eigenvalue weighted by Crippen LogP contribution is -2.04. The van der Waals surface area contributed by atoms with E-state index in [2.05, 4.69) is 17.1 Å². The zero-order valence-electron chi connectivity index (χ0n) is 14.8. The molecule has 0 spiro atoms. The Morgan fingerprint density at radius 1 is 1.23 bits per heavy atom. The first-order valence-electron chi connectivity index (χ1n) is 8.73. The molecule has 4 nitrogen and oxygen atoms in total. The van der Waals surface area contributed by atoms with Crippen molar-refractivity contribution in [2.45, 2.75) is 26.2 Å². The van der Waals surface area contributed by atoms with Crippen molar-refractivity contribution >= 4 is 39.3 Å². The average molecular weight is 366 g/mol. The third-order valence-corrected chi connectivity index (χ3v) is 5.05. The highest BCUT2D eigenvalue weighted by molar-refractivity contribution is 7.19. The summed E-state index contributed by atoms with van der Waals surface area (Å²) >= 11 is 1.59. The number of carbonyl (C=O) groups excluding carboxylic acids is 1. The number of ether oxygens (including phenoxy) is 1. The van der Waals surface area contributed by atoms with E-state index in [0.29, 0.717) is 18.7 Å². The molecular formula is C21H22N2O2S. The van der Waals surface area contributed by atoms with Gasteiger partial charge < -0.3 is 10.5 Å². The molecule has 0 atom stereocenters. The Balaban J connectivity index is 1.69. The second-order valence-electron chi connectivity index (χ2n) is 5.99. The van der Waals surface area contributed by atoms with Crippen molar-refractivity contribution in [2.75, 3.05) is 6.61 Å². The van der Waals surface area contributed by atoms with Crippen LogP contribution in [-0.2, 0) is 16.0 Å². The minimum atomic E-state index is -0.136. The summed E-state index contributed by atoms with van der Waals surface area (Å²) in [6.45, 7) is 2.26. The van der Waals surface area contributed by atoms with Crippen molar-refractivity contribution < 1.29 is 9.53 Å². The number of benzene rings is 2. The number of rotatable bonds is 7. The lowest BCUT2D eigenvalue weighted by atomic mass is 10.0. The minimum Gasteiger partial charge on any atom is -0.466 e. The first-order chi connectivity index (χ1) is 12.7. The third-order valence-electron chi connectivity index (χ3n) is 3.97. The van der Waals surface area contributed by atoms with E-state index in [1.807, 2.05) is 49.4 Å². The number of para-hydroxylation sites is 1. The van der Waals surface area contributed by atoms with E-state index in [1.165, 1.54) is 5.56 Å². The molecule has 5 heteroatoms. The van der Waals surface area contributed by atoms with Crippen molar-refractivity contribution in [3.8, 4) is 0 Å². The molecule has 0 saturated heterocycles. The summed E-state index contributed by atoms with van der Waals surface area (Å²) in [7, 11) is 0. The quantitative estimate of drug-likeness (QED) is 0.619. The number of fused-ring (bicyclic) bond motifs is 1. The van der Waals surface area contributed by atoms with E-state index in [1.54, 1.807) is 11.3 Å². The molecule has 0 unspecified atom stereocenters. The van der Waals surface area contributed by atoms with Crippen molar-refractivity contribution in [1.82, 2.24) is 4.98 Å². The fourth-order valence-electron chi connectivity index (χ4n) is 2.75. The average Bonchev–Trinajstić information content (AvgIpc) is 3.07. The molecule has 2 aromatic carbocycles. The van der Waals surface area contributed by atoms with E-state index >= 15 is 0 Å². The van der Waals surface area contributed by atoms with Gasteiger partial charge in [0.1, 0.15) is 5.01 Å². The molecule has 0 aliphatic heterocycles. The molecule has 26 heavy (non-hydrogen) atoms. The number of carbonyl (C=O) groups is 1. The van der Waals surface area contributed by atoms with Gasteiger partial charge in [-0.25, -0.2) is 4.98 Å². The zero-order chi connectivity index (χ0) is 18.4. The number of hydrogen-bond donors (Lipinski definition) is 1. The Labute approximate surface area is 157 Å². The molecule has 0 fully saturated rings. The van der Waals surface area contributed by atoms with Gasteiger partial charge in [-0.3, -0.25) is 4.79 Å². The first kappa shape index (κ1) is 18.1. The van der Waals surface area contributed by atoms with Crippen LogP contribution in [0.1, 0.15) is 35.9 Å². The van der Waals surface area contributed by atoms with Crippen LogP contribution in [0.5, 0.6) is 0 Å². The van der Waals surface area contributed by atoms with Gasteiger partial charge in [0.2, 0.25) is 0 Å². The first-order valence-corrected chi connectivity index (χ1v) is 9.55. The summed E-state index contributed by atoms with van der Waals surface area (Å²) in [5.41, 5.74) is 10.1. The van der Waals surface area contributed by atoms with Crippen LogP contribution in [0.2, 0.25) is 0 Å². The summed E-state index contributed by atoms with van der Waals surface area (Å²) in [6, 6.07) is 16.2. The molecule has 0 aliphatic carbocycles. The maximum absolute atomic E-state index is 11.4. The van der Waals surface area contributed by atoms with Gasteiger partial charge in [0.15, 0.2) is 0 Å². The molecule has 3 rings (SSSR count). The van der Waals surface area contributed by atoms with Gasteiger partial charge in [-0.2, -0.15) is 0 Å². The van der Waals surface area contributed by atoms with Gasteiger partial charge in [0, 0.05) is 6.42 Å². The molecule has 134 valence electrons. The Kier molecular flexibility index (Phi) is 6.02. The second kappa shape index (κ2) is 8.63. The molecule has 0 radical (unpaired) electrons. The van der Waals surface area contributed by atoms with Crippen molar-refractivity contribution in [3.63, 3.8) is 0 Å². The van der Waals surface area contributed by atoms with Gasteiger partial charge in [-0.1, -0.05) is 36.4 Å². The van der Waals surface area contributed by atoms with Gasteiger partial charge in [0.05, 0.1) is 22.5 Å². The maximum Gasteiger partial charge on any atom is 0.305 e. The molecule has 1 heterocycles. The van der Waals surface area contributed by atoms with E-state index in [-0.39, 0.29) is 5.97 Å². The maximum atomic E-state index is 11.4. The minimum absolute atomic E-state index is 0.136. The number of nitrogens with two attached hydrogens (primary N) is 1. The lowest BCUT2D eigenvalue weighted by Gasteiger charge is -2.04. The van der Waals surface area contributed by atoms with Gasteiger partial charge in [0.25, 0.3) is 0 Å². The summed E-state index contributed by atoms with van der Waals surface area (Å²) in [6.07, 6.45) is 4.01. The summed E-state index contributed by atoms with van der Waals surface area (Å²) < 4.78 is 6.09. The van der Waals surface area contributed by atoms with Crippen LogP contribution < -0.4 is 5.73 Å². The molecule has 0 bridgehead atoms. The van der Waals surface area contributed by atoms with E-state index in [0.717, 1.165) is 33.6 Å². The number of aryl methyl sites for hydroxylation is 1. The fraction of sp³-hybridized carbons (Fsp3) is 0.238. The summed E-state index contributed by atoms with van der Waals surface area (Å²) in [5, 5.41) is 0.832. The number of esters is 1. The number of thiazole rings is 1. The van der Waals surface area contributed by atoms with Crippen molar-refractivity contribution in [2.24, 2.45) is 5.73 Å². The molecule has 1 aromatic heterocycles. The third kappa shape index (κ3) is 4.70. The summed E-state index contributed by atoms with van der Waals surface area (Å²) in [5.74, 6) is -0.136. The number of hydrogen-bond acceptors (Lipinski definition) is 5. The standard InChI is InChI=1S/C21H22N2O2S/c1-2-25-20(24)12-6-8-15-7-5-9-16(13-15)14-17(22)21-23-18-10-3-4-11-19(18)26-21/h3-5,7,9-11,13-14H,2,6,8,12,22H2,1H3/b17-14+. The van der Waals surface area contributed by atoms with Crippen LogP contribution in [-0.4, -0.2) is 17.6 Å². The zero-order valence-corrected chi connectivity index (χ0v) is 15.6. The molecular weight excluding hydrogens is 344 g/mol. The predicted octanol–water partition coefficient (Wildman–Crippen LogP) is 4.64. The molecule has 0 amide bonds. The van der Waals surface area contributed by atoms with Crippen LogP contribution in [0.3, 0.4) is 0 Å². The van der Waals surface area contributed by atoms with E-state index in [4.69, 9.17) is 10.5 Å². The summed E-state index contributed by atoms with van der Waals surface area (Å²) in [4.78, 5) is 16.0. The second-order valence-corrected chi connectivity index (χ2v) is 7.02. The smallest absolute Gasteiger partial charge is 0.305 e. The van der Waals surface area contributed by atoms with Crippen LogP contribution in [0.25, 0.3) is 22.0 Å². The highest BCUT2D eigenvalue weighted by atomic mass is 32.1. The molecule has 0 saturated carbocycles. The predicted molar refractivity (Wildman–Crippen MR) is 108 cm³/mol. The topological polar surface area (TPSA) is 65.2 Å². The largest absolute Gasteiger partial charge is 0.466 e. The van der Waals surface area contributed by atoms with E-state index < -0.39 is 0 Å². The Hall–Kier alpha value is -2.66. The Bertz CT molecular complexity index is 897. The van der Waals surface area contributed by atoms with E-state index in [9.17, 15) is 4.79 Å². The van der Waals surface area contributed by atoms with Crippen LogP contribution in [0, 0.1) is 0 Å². The van der Waals surface area contributed by atoms with Crippen molar-refractivity contribution in [1.29, 1.82) is 0 Å². The Morgan fingerprint density at radius 3 is 2.88 bits per heavy atom. The number of aromatic nitrogens is 1. The molecule has 2 N–H and O–H groups in total. The SMILES string of the molecule is CCOC(=O)CCCc1cccc(/C=C(/N)c2nc3ccccc3s2)c1. The normalized spacial score (nSPS) is 11.7. The van der Waals surface area contributed by atoms with Gasteiger partial charge in [-0.15, -0.1) is 11.3 Å². The van der Waals surface area contributed by atoms with Gasteiger partial charge in [-0.05, 0) is 49.1 Å². The van der Waals surface area contributed by atoms with Crippen LogP contribution in [0.15, 0.2) is 48.5 Å². The highest BCUT2D eigenvalue weighted by Crippen LogP contribution is 2.26. The number of nitrogens with zero attached hydrogens (tertiary/aromatic N) is 1. The highest BCUT2D eigenvalue weighted by Gasteiger charge is 2.06. The van der Waals surface area contributed by atoms with Gasteiger partial charge >= 0.3 is 5.97 Å². The lowest BCUT2D eigenvalue weighted by molar-refractivity contribution is -0.143. The van der Waals surface area contributed by atoms with Crippen LogP contribution >= 0.6 is 11.3 Å². The molecule has 3 aromatic rings. The van der Waals surface area contributed by atoms with Crippen molar-refractivity contribution in [3.05, 3.63) is 64.7 Å². The molecule has 0 aliphatic rings. The Morgan fingerprint density at radius 2 is 2.08 bits per heavy atom. The van der Waals surface area contributed by atoms with Crippen LogP contribution in [0.4, 0.5) is 0 Å².